The van der Waals surface area contributed by atoms with Crippen molar-refractivity contribution in [3.8, 4) is 6.01 Å². The van der Waals surface area contributed by atoms with Crippen molar-refractivity contribution in [2.75, 3.05) is 39.2 Å². The van der Waals surface area contributed by atoms with Crippen LogP contribution in [0.4, 0.5) is 15.9 Å². The predicted octanol–water partition coefficient (Wildman–Crippen LogP) is 4.17. The van der Waals surface area contributed by atoms with Gasteiger partial charge < -0.3 is 25.5 Å². The monoisotopic (exact) mass is 443 g/mol. The molecule has 1 fully saturated rings. The van der Waals surface area contributed by atoms with E-state index in [2.05, 4.69) is 35.2 Å². The van der Waals surface area contributed by atoms with Gasteiger partial charge in [0.25, 0.3) is 0 Å². The minimum atomic E-state index is -0.337. The van der Waals surface area contributed by atoms with Gasteiger partial charge in [0.05, 0.1) is 18.9 Å². The molecule has 3 rings (SSSR count). The molecule has 32 heavy (non-hydrogen) atoms. The van der Waals surface area contributed by atoms with Gasteiger partial charge in [0, 0.05) is 36.0 Å². The number of nitrogens with zero attached hydrogens (tertiary/aromatic N) is 3. The van der Waals surface area contributed by atoms with Crippen LogP contribution in [0.5, 0.6) is 6.01 Å². The molecule has 1 aromatic heterocycles. The number of benzene rings is 1. The Morgan fingerprint density at radius 3 is 2.69 bits per heavy atom. The summed E-state index contributed by atoms with van der Waals surface area (Å²) in [5.41, 5.74) is 4.72. The van der Waals surface area contributed by atoms with Gasteiger partial charge in [-0.25, -0.2) is 4.39 Å². The zero-order valence-corrected chi connectivity index (χ0v) is 19.4. The van der Waals surface area contributed by atoms with Crippen molar-refractivity contribution in [2.45, 2.75) is 51.0 Å². The van der Waals surface area contributed by atoms with Gasteiger partial charge in [-0.15, -0.1) is 0 Å². The average Bonchev–Trinajstić information content (AvgIpc) is 2.76. The lowest BCUT2D eigenvalue weighted by Crippen LogP contribution is -2.27. The first kappa shape index (κ1) is 24.1. The molecule has 1 atom stereocenters. The maximum atomic E-state index is 12.6. The van der Waals surface area contributed by atoms with E-state index in [4.69, 9.17) is 10.1 Å². The summed E-state index contributed by atoms with van der Waals surface area (Å²) >= 11 is 0. The van der Waals surface area contributed by atoms with Crippen molar-refractivity contribution in [1.82, 2.24) is 14.9 Å². The summed E-state index contributed by atoms with van der Waals surface area (Å²) in [6, 6.07) is 6.26. The SMILES string of the molecule is COc1nc(Nc2cc(C(C)CCN(C)CCF)c(C)cc2C=N)cc(C2CC(O)C2)n1. The highest BCUT2D eigenvalue weighted by Crippen LogP contribution is 2.37. The molecule has 0 bridgehead atoms. The van der Waals surface area contributed by atoms with Crippen LogP contribution in [0.1, 0.15) is 60.4 Å². The molecule has 1 aliphatic rings. The molecule has 0 amide bonds. The highest BCUT2D eigenvalue weighted by atomic mass is 19.1. The van der Waals surface area contributed by atoms with Crippen LogP contribution in [0.3, 0.4) is 0 Å². The minimum Gasteiger partial charge on any atom is -0.467 e. The van der Waals surface area contributed by atoms with E-state index in [1.54, 1.807) is 0 Å². The molecular formula is C24H34FN5O2. The van der Waals surface area contributed by atoms with Gasteiger partial charge >= 0.3 is 6.01 Å². The number of hydrogen-bond acceptors (Lipinski definition) is 7. The number of aliphatic hydroxyl groups excluding tert-OH is 1. The largest absolute Gasteiger partial charge is 0.467 e. The molecule has 8 heteroatoms. The van der Waals surface area contributed by atoms with Crippen LogP contribution in [-0.2, 0) is 0 Å². The van der Waals surface area contributed by atoms with Crippen LogP contribution < -0.4 is 10.1 Å². The molecule has 1 aromatic carbocycles. The lowest BCUT2D eigenvalue weighted by Gasteiger charge is -2.31. The highest BCUT2D eigenvalue weighted by molar-refractivity contribution is 5.88. The second-order valence-corrected chi connectivity index (χ2v) is 8.73. The van der Waals surface area contributed by atoms with Crippen molar-refractivity contribution < 1.29 is 14.2 Å². The Morgan fingerprint density at radius 1 is 1.31 bits per heavy atom. The Balaban J connectivity index is 1.85. The summed E-state index contributed by atoms with van der Waals surface area (Å²) in [6.45, 7) is 5.16. The third-order valence-corrected chi connectivity index (χ3v) is 6.24. The number of aryl methyl sites for hydroxylation is 1. The number of nitrogens with one attached hydrogen (secondary N) is 2. The van der Waals surface area contributed by atoms with E-state index in [1.165, 1.54) is 18.9 Å². The second kappa shape index (κ2) is 10.8. The molecule has 0 aliphatic heterocycles. The molecule has 174 valence electrons. The Kier molecular flexibility index (Phi) is 8.15. The number of alkyl halides is 1. The number of aliphatic hydroxyl groups is 1. The van der Waals surface area contributed by atoms with Gasteiger partial charge in [-0.2, -0.15) is 9.97 Å². The van der Waals surface area contributed by atoms with E-state index in [1.807, 2.05) is 24.1 Å². The van der Waals surface area contributed by atoms with E-state index in [9.17, 15) is 9.50 Å². The third-order valence-electron chi connectivity index (χ3n) is 6.24. The van der Waals surface area contributed by atoms with Crippen molar-refractivity contribution in [3.05, 3.63) is 40.6 Å². The van der Waals surface area contributed by atoms with Crippen LogP contribution >= 0.6 is 0 Å². The fourth-order valence-electron chi connectivity index (χ4n) is 4.11. The van der Waals surface area contributed by atoms with Gasteiger partial charge in [-0.3, -0.25) is 0 Å². The Morgan fingerprint density at radius 2 is 2.06 bits per heavy atom. The van der Waals surface area contributed by atoms with Gasteiger partial charge in [-0.05, 0) is 69.0 Å². The van der Waals surface area contributed by atoms with Crippen molar-refractivity contribution in [2.24, 2.45) is 0 Å². The zero-order valence-electron chi connectivity index (χ0n) is 19.4. The maximum absolute atomic E-state index is 12.6. The van der Waals surface area contributed by atoms with E-state index >= 15 is 0 Å². The smallest absolute Gasteiger partial charge is 0.318 e. The first-order valence-corrected chi connectivity index (χ1v) is 11.1. The number of aromatic nitrogens is 2. The molecule has 0 spiro atoms. The first-order valence-electron chi connectivity index (χ1n) is 11.1. The van der Waals surface area contributed by atoms with Crippen LogP contribution in [0.15, 0.2) is 18.2 Å². The van der Waals surface area contributed by atoms with Gasteiger partial charge in [0.15, 0.2) is 0 Å². The molecule has 1 saturated carbocycles. The van der Waals surface area contributed by atoms with E-state index in [0.717, 1.165) is 35.5 Å². The number of rotatable bonds is 11. The molecule has 0 saturated heterocycles. The molecule has 1 heterocycles. The fourth-order valence-corrected chi connectivity index (χ4v) is 4.11. The van der Waals surface area contributed by atoms with Gasteiger partial charge in [-0.1, -0.05) is 6.92 Å². The summed E-state index contributed by atoms with van der Waals surface area (Å²) in [5.74, 6) is 1.07. The normalized spacial score (nSPS) is 18.8. The maximum Gasteiger partial charge on any atom is 0.318 e. The van der Waals surface area contributed by atoms with E-state index in [-0.39, 0.29) is 30.6 Å². The number of methoxy groups -OCH3 is 1. The molecule has 1 unspecified atom stereocenters. The Labute approximate surface area is 189 Å². The molecule has 7 nitrogen and oxygen atoms in total. The standard InChI is InChI=1S/C24H34FN5O2/c1-15(5-7-30(3)8-6-25)20-12-21(18(14-26)9-16(20)2)27-23-13-22(17-10-19(31)11-17)28-24(29-23)32-4/h9,12-15,17,19,26,31H,5-8,10-11H2,1-4H3,(H,27,28,29). The molecule has 3 N–H and O–H groups in total. The van der Waals surface area contributed by atoms with Crippen molar-refractivity contribution in [3.63, 3.8) is 0 Å². The van der Waals surface area contributed by atoms with Gasteiger partial charge in [0.2, 0.25) is 0 Å². The van der Waals surface area contributed by atoms with Crippen LogP contribution in [-0.4, -0.2) is 66.2 Å². The summed E-state index contributed by atoms with van der Waals surface area (Å²) in [5, 5.41) is 20.9. The fraction of sp³-hybridized carbons (Fsp3) is 0.542. The predicted molar refractivity (Wildman–Crippen MR) is 125 cm³/mol. The van der Waals surface area contributed by atoms with Crippen LogP contribution in [0, 0.1) is 12.3 Å². The molecule has 0 radical (unpaired) electrons. The Hall–Kier alpha value is -2.58. The van der Waals surface area contributed by atoms with Crippen LogP contribution in [0.25, 0.3) is 0 Å². The third kappa shape index (κ3) is 5.81. The summed E-state index contributed by atoms with van der Waals surface area (Å²) in [6.07, 6.45) is 3.35. The summed E-state index contributed by atoms with van der Waals surface area (Å²) in [4.78, 5) is 10.9. The van der Waals surface area contributed by atoms with Crippen molar-refractivity contribution >= 4 is 17.7 Å². The first-order chi connectivity index (χ1) is 15.3. The quantitative estimate of drug-likeness (QED) is 0.451. The number of hydrogen-bond donors (Lipinski definition) is 3. The highest BCUT2D eigenvalue weighted by Gasteiger charge is 2.30. The molecule has 2 aromatic rings. The molecular weight excluding hydrogens is 409 g/mol. The summed E-state index contributed by atoms with van der Waals surface area (Å²) < 4.78 is 17.9. The number of halogens is 1. The second-order valence-electron chi connectivity index (χ2n) is 8.73. The van der Waals surface area contributed by atoms with E-state index < -0.39 is 0 Å². The topological polar surface area (TPSA) is 94.4 Å². The van der Waals surface area contributed by atoms with Crippen LogP contribution in [0.2, 0.25) is 0 Å². The minimum absolute atomic E-state index is 0.194. The zero-order chi connectivity index (χ0) is 23.3. The number of ether oxygens (including phenoxy) is 1. The average molecular weight is 444 g/mol. The van der Waals surface area contributed by atoms with Crippen molar-refractivity contribution in [1.29, 1.82) is 5.41 Å². The molecule has 1 aliphatic carbocycles. The number of anilines is 2. The lowest BCUT2D eigenvalue weighted by molar-refractivity contribution is 0.0729. The van der Waals surface area contributed by atoms with Gasteiger partial charge in [0.1, 0.15) is 12.5 Å². The van der Waals surface area contributed by atoms with E-state index in [0.29, 0.717) is 25.2 Å². The Bertz CT molecular complexity index is 933. The summed E-state index contributed by atoms with van der Waals surface area (Å²) in [7, 11) is 3.47. The lowest BCUT2D eigenvalue weighted by atomic mass is 9.80.